The highest BCUT2D eigenvalue weighted by molar-refractivity contribution is 7.98. The van der Waals surface area contributed by atoms with Crippen LogP contribution in [-0.2, 0) is 17.9 Å². The molecular weight excluding hydrogens is 440 g/mol. The highest BCUT2D eigenvalue weighted by atomic mass is 32.2. The zero-order chi connectivity index (χ0) is 23.6. The summed E-state index contributed by atoms with van der Waals surface area (Å²) < 4.78 is 0. The average Bonchev–Trinajstić information content (AvgIpc) is 3.30. The molecule has 1 aliphatic rings. The summed E-state index contributed by atoms with van der Waals surface area (Å²) in [6, 6.07) is 22.9. The first kappa shape index (κ1) is 24.2. The Morgan fingerprint density at radius 1 is 1.06 bits per heavy atom. The number of aromatic nitrogens is 1. The van der Waals surface area contributed by atoms with Gasteiger partial charge in [0.05, 0.1) is 6.04 Å². The number of rotatable bonds is 10. The monoisotopic (exact) mass is 472 g/mol. The SMILES string of the molecule is CSc1ccc(CN[C@H]2C[C@@H](C(=O)NCc3cccnc3)N(CC=Cc3ccccc3)C2)cc1. The van der Waals surface area contributed by atoms with Crippen molar-refractivity contribution in [3.05, 3.63) is 102 Å². The van der Waals surface area contributed by atoms with Gasteiger partial charge in [-0.15, -0.1) is 11.8 Å². The third-order valence-electron chi connectivity index (χ3n) is 6.10. The van der Waals surface area contributed by atoms with Crippen LogP contribution in [0.1, 0.15) is 23.1 Å². The summed E-state index contributed by atoms with van der Waals surface area (Å²) in [6.45, 7) is 2.88. The topological polar surface area (TPSA) is 57.3 Å². The van der Waals surface area contributed by atoms with Crippen molar-refractivity contribution in [1.29, 1.82) is 0 Å². The van der Waals surface area contributed by atoms with E-state index in [1.54, 1.807) is 24.2 Å². The predicted molar refractivity (Wildman–Crippen MR) is 140 cm³/mol. The highest BCUT2D eigenvalue weighted by Crippen LogP contribution is 2.20. The molecule has 0 bridgehead atoms. The molecule has 4 rings (SSSR count). The van der Waals surface area contributed by atoms with Gasteiger partial charge in [0.1, 0.15) is 0 Å². The molecule has 0 saturated carbocycles. The third-order valence-corrected chi connectivity index (χ3v) is 6.84. The molecule has 176 valence electrons. The minimum Gasteiger partial charge on any atom is -0.351 e. The smallest absolute Gasteiger partial charge is 0.237 e. The van der Waals surface area contributed by atoms with E-state index in [1.165, 1.54) is 16.0 Å². The van der Waals surface area contributed by atoms with Crippen LogP contribution in [0.4, 0.5) is 0 Å². The maximum atomic E-state index is 13.1. The Labute approximate surface area is 206 Å². The van der Waals surface area contributed by atoms with Crippen LogP contribution in [0, 0.1) is 0 Å². The van der Waals surface area contributed by atoms with Crippen LogP contribution in [0.15, 0.2) is 90.1 Å². The number of carbonyl (C=O) groups is 1. The fourth-order valence-corrected chi connectivity index (χ4v) is 4.64. The number of benzene rings is 2. The van der Waals surface area contributed by atoms with Crippen LogP contribution in [0.2, 0.25) is 0 Å². The van der Waals surface area contributed by atoms with E-state index in [-0.39, 0.29) is 18.0 Å². The van der Waals surface area contributed by atoms with E-state index in [1.807, 2.05) is 30.3 Å². The molecule has 0 spiro atoms. The van der Waals surface area contributed by atoms with Gasteiger partial charge in [-0.25, -0.2) is 0 Å². The van der Waals surface area contributed by atoms with Crippen molar-refractivity contribution < 1.29 is 4.79 Å². The summed E-state index contributed by atoms with van der Waals surface area (Å²) in [6.07, 6.45) is 10.7. The van der Waals surface area contributed by atoms with Gasteiger partial charge in [-0.1, -0.05) is 60.7 Å². The quantitative estimate of drug-likeness (QED) is 0.429. The van der Waals surface area contributed by atoms with Crippen molar-refractivity contribution >= 4 is 23.7 Å². The van der Waals surface area contributed by atoms with Gasteiger partial charge in [0.2, 0.25) is 5.91 Å². The third kappa shape index (κ3) is 7.03. The molecule has 1 aromatic heterocycles. The van der Waals surface area contributed by atoms with Gasteiger partial charge in [0, 0.05) is 49.5 Å². The number of hydrogen-bond acceptors (Lipinski definition) is 5. The lowest BCUT2D eigenvalue weighted by molar-refractivity contribution is -0.125. The normalized spacial score (nSPS) is 18.4. The van der Waals surface area contributed by atoms with Crippen LogP contribution in [0.3, 0.4) is 0 Å². The van der Waals surface area contributed by atoms with Crippen molar-refractivity contribution in [2.24, 2.45) is 0 Å². The Hall–Kier alpha value is -2.93. The van der Waals surface area contributed by atoms with Crippen molar-refractivity contribution in [1.82, 2.24) is 20.5 Å². The molecule has 2 aromatic carbocycles. The van der Waals surface area contributed by atoms with Gasteiger partial charge in [0.25, 0.3) is 0 Å². The highest BCUT2D eigenvalue weighted by Gasteiger charge is 2.35. The molecule has 3 aromatic rings. The number of hydrogen-bond donors (Lipinski definition) is 2. The fraction of sp³-hybridized carbons (Fsp3) is 0.286. The van der Waals surface area contributed by atoms with Gasteiger partial charge >= 0.3 is 0 Å². The van der Waals surface area contributed by atoms with Crippen LogP contribution in [0.5, 0.6) is 0 Å². The summed E-state index contributed by atoms with van der Waals surface area (Å²) in [5, 5.41) is 6.78. The second-order valence-electron chi connectivity index (χ2n) is 8.52. The second kappa shape index (κ2) is 12.5. The van der Waals surface area contributed by atoms with Gasteiger partial charge in [0.15, 0.2) is 0 Å². The number of nitrogens with zero attached hydrogens (tertiary/aromatic N) is 2. The maximum absolute atomic E-state index is 13.1. The Morgan fingerprint density at radius 3 is 2.62 bits per heavy atom. The molecule has 0 aliphatic carbocycles. The van der Waals surface area contributed by atoms with Gasteiger partial charge in [-0.3, -0.25) is 14.7 Å². The van der Waals surface area contributed by atoms with E-state index >= 15 is 0 Å². The summed E-state index contributed by atoms with van der Waals surface area (Å²) in [4.78, 5) is 20.8. The zero-order valence-electron chi connectivity index (χ0n) is 19.6. The molecule has 6 heteroatoms. The molecule has 2 N–H and O–H groups in total. The van der Waals surface area contributed by atoms with E-state index < -0.39 is 0 Å². The second-order valence-corrected chi connectivity index (χ2v) is 9.40. The largest absolute Gasteiger partial charge is 0.351 e. The van der Waals surface area contributed by atoms with E-state index in [0.717, 1.165) is 31.6 Å². The first-order valence-corrected chi connectivity index (χ1v) is 12.9. The van der Waals surface area contributed by atoms with Crippen LogP contribution in [-0.4, -0.2) is 47.2 Å². The summed E-state index contributed by atoms with van der Waals surface area (Å²) in [5.41, 5.74) is 3.44. The number of amides is 1. The van der Waals surface area contributed by atoms with Gasteiger partial charge in [-0.05, 0) is 47.6 Å². The number of nitrogens with one attached hydrogen (secondary N) is 2. The maximum Gasteiger partial charge on any atom is 0.237 e. The molecule has 34 heavy (non-hydrogen) atoms. The minimum atomic E-state index is -0.159. The Kier molecular flexibility index (Phi) is 8.90. The number of carbonyl (C=O) groups excluding carboxylic acids is 1. The van der Waals surface area contributed by atoms with Gasteiger partial charge < -0.3 is 10.6 Å². The standard InChI is InChI=1S/C28H32N4OS/c1-34-26-13-11-23(12-14-26)19-30-25-17-27(28(33)31-20-24-9-5-15-29-18-24)32(21-25)16-6-10-22-7-3-2-4-8-22/h2-15,18,25,27,30H,16-17,19-21H2,1H3,(H,31,33)/t25-,27-/m0/s1. The minimum absolute atomic E-state index is 0.0746. The number of thioether (sulfide) groups is 1. The van der Waals surface area contributed by atoms with Crippen LogP contribution in [0.25, 0.3) is 6.08 Å². The zero-order valence-corrected chi connectivity index (χ0v) is 20.4. The molecule has 1 saturated heterocycles. The molecule has 1 fully saturated rings. The summed E-state index contributed by atoms with van der Waals surface area (Å²) in [5.74, 6) is 0.0746. The molecule has 2 atom stereocenters. The lowest BCUT2D eigenvalue weighted by Crippen LogP contribution is -2.43. The number of likely N-dealkylation sites (tertiary alicyclic amines) is 1. The van der Waals surface area contributed by atoms with Crippen molar-refractivity contribution in [3.8, 4) is 0 Å². The molecule has 1 amide bonds. The molecule has 2 heterocycles. The van der Waals surface area contributed by atoms with Crippen molar-refractivity contribution in [3.63, 3.8) is 0 Å². The predicted octanol–water partition coefficient (Wildman–Crippen LogP) is 4.37. The fourth-order valence-electron chi connectivity index (χ4n) is 4.23. The molecule has 0 radical (unpaired) electrons. The van der Waals surface area contributed by atoms with E-state index in [2.05, 4.69) is 75.3 Å². The van der Waals surface area contributed by atoms with Crippen LogP contribution >= 0.6 is 11.8 Å². The van der Waals surface area contributed by atoms with E-state index in [4.69, 9.17) is 0 Å². The number of pyridine rings is 1. The Morgan fingerprint density at radius 2 is 1.88 bits per heavy atom. The molecule has 0 unspecified atom stereocenters. The lowest BCUT2D eigenvalue weighted by atomic mass is 10.1. The first-order valence-electron chi connectivity index (χ1n) is 11.7. The van der Waals surface area contributed by atoms with Gasteiger partial charge in [-0.2, -0.15) is 0 Å². The Bertz CT molecular complexity index is 1060. The lowest BCUT2D eigenvalue weighted by Gasteiger charge is -2.22. The summed E-state index contributed by atoms with van der Waals surface area (Å²) >= 11 is 1.75. The Balaban J connectivity index is 1.37. The first-order chi connectivity index (χ1) is 16.7. The molecule has 1 aliphatic heterocycles. The molecule has 5 nitrogen and oxygen atoms in total. The molecular formula is C28H32N4OS. The van der Waals surface area contributed by atoms with E-state index in [0.29, 0.717) is 6.54 Å². The van der Waals surface area contributed by atoms with E-state index in [9.17, 15) is 4.79 Å². The average molecular weight is 473 g/mol. The van der Waals surface area contributed by atoms with Crippen LogP contribution < -0.4 is 10.6 Å². The van der Waals surface area contributed by atoms with Crippen molar-refractivity contribution in [2.45, 2.75) is 36.5 Å². The summed E-state index contributed by atoms with van der Waals surface area (Å²) in [7, 11) is 0. The van der Waals surface area contributed by atoms with Crippen molar-refractivity contribution in [2.75, 3.05) is 19.3 Å².